The molecule has 2 saturated heterocycles. The number of Topliss-reactive ketones (excluding diaryl/α,β-unsaturated/α-hetero) is 1. The molecule has 0 spiro atoms. The Morgan fingerprint density at radius 1 is 1.00 bits per heavy atom. The molecule has 180 valence electrons. The number of carbonyl (C=O) groups is 1. The molecule has 0 radical (unpaired) electrons. The van der Waals surface area contributed by atoms with E-state index < -0.39 is 35.5 Å². The Bertz CT molecular complexity index is 762. The van der Waals surface area contributed by atoms with Crippen molar-refractivity contribution >= 4 is 5.78 Å². The largest absolute Gasteiger partial charge is 0.416 e. The molecule has 2 aliphatic heterocycles. The number of ketones is 1. The molecule has 1 aromatic carbocycles. The number of piperidine rings is 2. The van der Waals surface area contributed by atoms with E-state index in [4.69, 9.17) is 0 Å². The fourth-order valence-electron chi connectivity index (χ4n) is 4.56. The minimum Gasteiger partial charge on any atom is -0.388 e. The van der Waals surface area contributed by atoms with Crippen molar-refractivity contribution in [2.45, 2.75) is 56.5 Å². The number of hydrogen-bond donors (Lipinski definition) is 2. The second-order valence-electron chi connectivity index (χ2n) is 9.03. The van der Waals surface area contributed by atoms with E-state index in [0.29, 0.717) is 57.5 Å². The zero-order chi connectivity index (χ0) is 23.6. The van der Waals surface area contributed by atoms with Gasteiger partial charge in [0.2, 0.25) is 0 Å². The van der Waals surface area contributed by atoms with Gasteiger partial charge in [0.15, 0.2) is 0 Å². The summed E-state index contributed by atoms with van der Waals surface area (Å²) in [5, 5.41) is 13.9. The van der Waals surface area contributed by atoms with E-state index in [-0.39, 0.29) is 29.8 Å². The normalized spacial score (nSPS) is 21.0. The predicted octanol–water partition coefficient (Wildman–Crippen LogP) is 4.05. The van der Waals surface area contributed by atoms with E-state index in [1.807, 2.05) is 0 Å². The van der Waals surface area contributed by atoms with Gasteiger partial charge in [-0.05, 0) is 81.5 Å². The van der Waals surface area contributed by atoms with Crippen molar-refractivity contribution in [2.75, 3.05) is 32.7 Å². The molecule has 10 heteroatoms. The minimum atomic E-state index is -4.93. The summed E-state index contributed by atoms with van der Waals surface area (Å²) in [6, 6.07) is 1.31. The first-order valence-corrected chi connectivity index (χ1v) is 10.8. The lowest BCUT2D eigenvalue weighted by molar-refractivity contribution is -0.143. The molecule has 2 N–H and O–H groups in total. The predicted molar refractivity (Wildman–Crippen MR) is 106 cm³/mol. The average molecular weight is 466 g/mol. The Labute approximate surface area is 183 Å². The minimum absolute atomic E-state index is 0.0364. The maximum absolute atomic E-state index is 13.0. The van der Waals surface area contributed by atoms with Crippen LogP contribution in [0, 0.1) is 5.92 Å². The van der Waals surface area contributed by atoms with Crippen LogP contribution in [0.15, 0.2) is 18.2 Å². The highest BCUT2D eigenvalue weighted by Crippen LogP contribution is 2.36. The number of halogens is 6. The number of β-amino-alcohol motifs (C(OH)–C–C–N with tert-alkyl or cyclic N) is 1. The van der Waals surface area contributed by atoms with Crippen molar-refractivity contribution < 1.29 is 36.2 Å². The Hall–Kier alpha value is -1.65. The van der Waals surface area contributed by atoms with Crippen LogP contribution in [0.5, 0.6) is 0 Å². The first kappa shape index (κ1) is 25.0. The summed E-state index contributed by atoms with van der Waals surface area (Å²) in [7, 11) is 0. The molecule has 2 fully saturated rings. The van der Waals surface area contributed by atoms with E-state index in [2.05, 4.69) is 10.2 Å². The molecule has 0 saturated carbocycles. The number of alkyl halides is 6. The topological polar surface area (TPSA) is 52.6 Å². The number of rotatable bonds is 6. The molecule has 0 atom stereocenters. The van der Waals surface area contributed by atoms with E-state index in [1.165, 1.54) is 0 Å². The van der Waals surface area contributed by atoms with Crippen LogP contribution in [0.2, 0.25) is 0 Å². The van der Waals surface area contributed by atoms with Gasteiger partial charge < -0.3 is 15.3 Å². The Balaban J connectivity index is 1.55. The first-order chi connectivity index (χ1) is 14.8. The van der Waals surface area contributed by atoms with Gasteiger partial charge in [-0.25, -0.2) is 0 Å². The lowest BCUT2D eigenvalue weighted by Gasteiger charge is -2.40. The summed E-state index contributed by atoms with van der Waals surface area (Å²) in [6.45, 7) is 3.52. The maximum Gasteiger partial charge on any atom is 0.416 e. The van der Waals surface area contributed by atoms with Gasteiger partial charge >= 0.3 is 12.4 Å². The van der Waals surface area contributed by atoms with Crippen LogP contribution < -0.4 is 5.32 Å². The number of carbonyl (C=O) groups excluding carboxylic acids is 1. The molecule has 0 unspecified atom stereocenters. The molecule has 3 rings (SSSR count). The highest BCUT2D eigenvalue weighted by atomic mass is 19.4. The second kappa shape index (κ2) is 9.69. The van der Waals surface area contributed by atoms with Crippen LogP contribution in [0.25, 0.3) is 0 Å². The number of nitrogens with zero attached hydrogens (tertiary/aromatic N) is 1. The van der Waals surface area contributed by atoms with Crippen LogP contribution in [0.1, 0.15) is 48.8 Å². The maximum atomic E-state index is 13.0. The van der Waals surface area contributed by atoms with Gasteiger partial charge in [0.1, 0.15) is 5.78 Å². The average Bonchev–Trinajstić information content (AvgIpc) is 2.68. The molecule has 0 amide bonds. The highest BCUT2D eigenvalue weighted by molar-refractivity contribution is 5.81. The zero-order valence-corrected chi connectivity index (χ0v) is 17.7. The van der Waals surface area contributed by atoms with Crippen LogP contribution in [-0.4, -0.2) is 54.1 Å². The third-order valence-electron chi connectivity index (χ3n) is 6.32. The Kier molecular flexibility index (Phi) is 7.56. The second-order valence-corrected chi connectivity index (χ2v) is 9.03. The lowest BCUT2D eigenvalue weighted by Crippen LogP contribution is -2.51. The molecule has 0 aliphatic carbocycles. The quantitative estimate of drug-likeness (QED) is 0.622. The number of nitrogens with one attached hydrogen (secondary N) is 1. The van der Waals surface area contributed by atoms with Crippen molar-refractivity contribution in [2.24, 2.45) is 5.92 Å². The number of hydrogen-bond acceptors (Lipinski definition) is 4. The van der Waals surface area contributed by atoms with Crippen molar-refractivity contribution in [3.63, 3.8) is 0 Å². The Morgan fingerprint density at radius 2 is 1.53 bits per heavy atom. The summed E-state index contributed by atoms with van der Waals surface area (Å²) < 4.78 is 78.0. The van der Waals surface area contributed by atoms with Crippen LogP contribution in [0.3, 0.4) is 0 Å². The van der Waals surface area contributed by atoms with Crippen LogP contribution >= 0.6 is 0 Å². The number of aliphatic hydroxyl groups is 1. The van der Waals surface area contributed by atoms with E-state index >= 15 is 0 Å². The van der Waals surface area contributed by atoms with E-state index in [1.54, 1.807) is 0 Å². The van der Waals surface area contributed by atoms with Crippen LogP contribution in [0.4, 0.5) is 26.3 Å². The molecule has 2 heterocycles. The zero-order valence-electron chi connectivity index (χ0n) is 17.7. The van der Waals surface area contributed by atoms with E-state index in [9.17, 15) is 36.2 Å². The van der Waals surface area contributed by atoms with Crippen LogP contribution in [-0.2, 0) is 23.6 Å². The summed E-state index contributed by atoms with van der Waals surface area (Å²) in [5.74, 6) is -0.331. The number of benzene rings is 1. The number of likely N-dealkylation sites (tertiary alicyclic amines) is 1. The molecule has 2 aliphatic rings. The van der Waals surface area contributed by atoms with E-state index in [0.717, 1.165) is 13.1 Å². The third kappa shape index (κ3) is 6.92. The summed E-state index contributed by atoms with van der Waals surface area (Å²) in [6.07, 6.45) is -7.41. The monoisotopic (exact) mass is 466 g/mol. The molecule has 4 nitrogen and oxygen atoms in total. The van der Waals surface area contributed by atoms with Crippen molar-refractivity contribution in [3.8, 4) is 0 Å². The van der Waals surface area contributed by atoms with Crippen molar-refractivity contribution in [1.82, 2.24) is 10.2 Å². The fraction of sp³-hybridized carbons (Fsp3) is 0.682. The fourth-order valence-corrected chi connectivity index (χ4v) is 4.56. The molecule has 0 bridgehead atoms. The standard InChI is InChI=1S/C22H28F6N2O2/c23-21(24,25)17-9-16(10-18(13-17)22(26,27)28)12-19(31)11-15-1-7-30(8-2-15)14-20(32)3-5-29-6-4-20/h9-10,13,15,29,32H,1-8,11-12,14H2. The lowest BCUT2D eigenvalue weighted by atomic mass is 9.87. The van der Waals surface area contributed by atoms with Gasteiger partial charge in [-0.15, -0.1) is 0 Å². The van der Waals surface area contributed by atoms with Gasteiger partial charge in [-0.2, -0.15) is 26.3 Å². The molecule has 1 aromatic rings. The van der Waals surface area contributed by atoms with Crippen molar-refractivity contribution in [3.05, 3.63) is 34.9 Å². The summed E-state index contributed by atoms with van der Waals surface area (Å²) in [4.78, 5) is 14.6. The van der Waals surface area contributed by atoms with Gasteiger partial charge in [-0.3, -0.25) is 4.79 Å². The van der Waals surface area contributed by atoms with Gasteiger partial charge in [0, 0.05) is 19.4 Å². The molecule has 32 heavy (non-hydrogen) atoms. The Morgan fingerprint density at radius 3 is 2.03 bits per heavy atom. The van der Waals surface area contributed by atoms with Gasteiger partial charge in [0.25, 0.3) is 0 Å². The summed E-state index contributed by atoms with van der Waals surface area (Å²) >= 11 is 0. The highest BCUT2D eigenvalue weighted by Gasteiger charge is 2.37. The van der Waals surface area contributed by atoms with Gasteiger partial charge in [0.05, 0.1) is 16.7 Å². The SMILES string of the molecule is O=C(Cc1cc(C(F)(F)F)cc(C(F)(F)F)c1)CC1CCN(CC2(O)CCNCC2)CC1. The van der Waals surface area contributed by atoms with Gasteiger partial charge in [-0.1, -0.05) is 0 Å². The molecular formula is C22H28F6N2O2. The smallest absolute Gasteiger partial charge is 0.388 e. The molecule has 0 aromatic heterocycles. The third-order valence-corrected chi connectivity index (χ3v) is 6.32. The first-order valence-electron chi connectivity index (χ1n) is 10.8. The van der Waals surface area contributed by atoms with Crippen molar-refractivity contribution in [1.29, 1.82) is 0 Å². The summed E-state index contributed by atoms with van der Waals surface area (Å²) in [5.41, 5.74) is -3.80. The molecular weight excluding hydrogens is 438 g/mol.